The van der Waals surface area contributed by atoms with Crippen molar-refractivity contribution < 1.29 is 9.32 Å². The molecule has 2 N–H and O–H groups in total. The molecule has 0 radical (unpaired) electrons. The lowest BCUT2D eigenvalue weighted by atomic mass is 10.1. The number of carbonyl (C=O) groups excluding carboxylic acids is 1. The Kier molecular flexibility index (Phi) is 3.00. The monoisotopic (exact) mass is 262 g/mol. The van der Waals surface area contributed by atoms with E-state index in [1.54, 1.807) is 10.7 Å². The minimum atomic E-state index is -0.314. The van der Waals surface area contributed by atoms with Gasteiger partial charge in [0.2, 0.25) is 17.6 Å². The number of carbonyl (C=O) groups is 1. The van der Waals surface area contributed by atoms with Gasteiger partial charge in [-0.2, -0.15) is 10.1 Å². The van der Waals surface area contributed by atoms with Crippen LogP contribution in [-0.2, 0) is 18.3 Å². The van der Waals surface area contributed by atoms with Gasteiger partial charge in [-0.25, -0.2) is 0 Å². The standard InChI is InChI=1S/C11H14N6O2/c1-17-5-2-7(15-17)10-14-9(19-16-10)6-8-11(18)13-4-3-12-8/h2,5,8,12H,3-4,6H2,1H3,(H,13,18). The SMILES string of the molecule is Cn1ccc(-c2noc(CC3NCCNC3=O)n2)n1. The fraction of sp³-hybridized carbons (Fsp3) is 0.455. The van der Waals surface area contributed by atoms with E-state index in [-0.39, 0.29) is 11.9 Å². The number of nitrogens with one attached hydrogen (secondary N) is 2. The second-order valence-corrected chi connectivity index (χ2v) is 4.39. The molecule has 1 aliphatic heterocycles. The molecule has 2 aromatic rings. The molecule has 1 aliphatic rings. The van der Waals surface area contributed by atoms with Crippen molar-refractivity contribution >= 4 is 5.91 Å². The number of piperazine rings is 1. The molecule has 100 valence electrons. The number of amides is 1. The maximum Gasteiger partial charge on any atom is 0.237 e. The van der Waals surface area contributed by atoms with E-state index >= 15 is 0 Å². The van der Waals surface area contributed by atoms with Crippen LogP contribution in [0.15, 0.2) is 16.8 Å². The van der Waals surface area contributed by atoms with E-state index < -0.39 is 0 Å². The molecule has 2 aromatic heterocycles. The Bertz CT molecular complexity index is 590. The topological polar surface area (TPSA) is 97.9 Å². The Balaban J connectivity index is 1.72. The lowest BCUT2D eigenvalue weighted by molar-refractivity contribution is -0.124. The first-order valence-corrected chi connectivity index (χ1v) is 6.06. The summed E-state index contributed by atoms with van der Waals surface area (Å²) in [5.74, 6) is 0.825. The highest BCUT2D eigenvalue weighted by molar-refractivity contribution is 5.82. The number of aromatic nitrogens is 4. The van der Waals surface area contributed by atoms with E-state index in [1.165, 1.54) is 0 Å². The zero-order valence-electron chi connectivity index (χ0n) is 10.5. The Morgan fingerprint density at radius 2 is 2.42 bits per heavy atom. The van der Waals surface area contributed by atoms with Crippen molar-refractivity contribution in [2.75, 3.05) is 13.1 Å². The van der Waals surface area contributed by atoms with E-state index in [0.717, 1.165) is 6.54 Å². The first-order chi connectivity index (χ1) is 9.22. The van der Waals surface area contributed by atoms with Crippen molar-refractivity contribution in [3.63, 3.8) is 0 Å². The maximum absolute atomic E-state index is 11.6. The summed E-state index contributed by atoms with van der Waals surface area (Å²) in [6, 6.07) is 1.49. The van der Waals surface area contributed by atoms with Crippen LogP contribution in [-0.4, -0.2) is 45.0 Å². The summed E-state index contributed by atoms with van der Waals surface area (Å²) in [7, 11) is 1.82. The summed E-state index contributed by atoms with van der Waals surface area (Å²) < 4.78 is 6.82. The summed E-state index contributed by atoms with van der Waals surface area (Å²) in [6.45, 7) is 1.40. The predicted molar refractivity (Wildman–Crippen MR) is 65.0 cm³/mol. The van der Waals surface area contributed by atoms with E-state index in [1.807, 2.05) is 13.2 Å². The quantitative estimate of drug-likeness (QED) is 0.744. The van der Waals surface area contributed by atoms with Gasteiger partial charge in [0, 0.05) is 26.3 Å². The first-order valence-electron chi connectivity index (χ1n) is 6.06. The van der Waals surface area contributed by atoms with Crippen molar-refractivity contribution in [1.82, 2.24) is 30.6 Å². The Labute approximate surface area is 109 Å². The van der Waals surface area contributed by atoms with Crippen LogP contribution in [0.3, 0.4) is 0 Å². The zero-order valence-corrected chi connectivity index (χ0v) is 10.5. The molecule has 1 fully saturated rings. The van der Waals surface area contributed by atoms with Crippen LogP contribution < -0.4 is 10.6 Å². The van der Waals surface area contributed by atoms with Gasteiger partial charge in [-0.15, -0.1) is 0 Å². The zero-order chi connectivity index (χ0) is 13.2. The molecule has 8 nitrogen and oxygen atoms in total. The van der Waals surface area contributed by atoms with Gasteiger partial charge in [0.1, 0.15) is 5.69 Å². The molecule has 1 atom stereocenters. The molecule has 1 saturated heterocycles. The summed E-state index contributed by atoms with van der Waals surface area (Å²) in [5, 5.41) is 14.0. The molecule has 0 bridgehead atoms. The highest BCUT2D eigenvalue weighted by Gasteiger charge is 2.24. The normalized spacial score (nSPS) is 19.4. The average molecular weight is 262 g/mol. The second-order valence-electron chi connectivity index (χ2n) is 4.39. The highest BCUT2D eigenvalue weighted by atomic mass is 16.5. The molecule has 1 unspecified atom stereocenters. The molecule has 0 spiro atoms. The van der Waals surface area contributed by atoms with Gasteiger partial charge < -0.3 is 15.2 Å². The highest BCUT2D eigenvalue weighted by Crippen LogP contribution is 2.13. The van der Waals surface area contributed by atoms with Gasteiger partial charge in [-0.05, 0) is 6.07 Å². The molecule has 3 rings (SSSR count). The summed E-state index contributed by atoms with van der Waals surface area (Å²) in [4.78, 5) is 15.8. The van der Waals surface area contributed by atoms with Gasteiger partial charge >= 0.3 is 0 Å². The molecule has 0 saturated carbocycles. The number of nitrogens with zero attached hydrogens (tertiary/aromatic N) is 4. The smallest absolute Gasteiger partial charge is 0.237 e. The number of hydrogen-bond donors (Lipinski definition) is 2. The lowest BCUT2D eigenvalue weighted by Gasteiger charge is -2.21. The molecule has 0 aromatic carbocycles. The van der Waals surface area contributed by atoms with Gasteiger partial charge in [0.15, 0.2) is 0 Å². The first kappa shape index (κ1) is 11.8. The van der Waals surface area contributed by atoms with Crippen molar-refractivity contribution in [2.24, 2.45) is 7.05 Å². The summed E-state index contributed by atoms with van der Waals surface area (Å²) >= 11 is 0. The number of hydrogen-bond acceptors (Lipinski definition) is 6. The van der Waals surface area contributed by atoms with E-state index in [2.05, 4.69) is 25.9 Å². The predicted octanol–water partition coefficient (Wildman–Crippen LogP) is -0.899. The van der Waals surface area contributed by atoms with E-state index in [4.69, 9.17) is 4.52 Å². The van der Waals surface area contributed by atoms with Crippen molar-refractivity contribution in [3.8, 4) is 11.5 Å². The summed E-state index contributed by atoms with van der Waals surface area (Å²) in [6.07, 6.45) is 2.19. The van der Waals surface area contributed by atoms with Gasteiger partial charge in [-0.3, -0.25) is 9.48 Å². The van der Waals surface area contributed by atoms with E-state index in [9.17, 15) is 4.79 Å². The third-order valence-electron chi connectivity index (χ3n) is 2.92. The molecule has 1 amide bonds. The Hall–Kier alpha value is -2.22. The van der Waals surface area contributed by atoms with Gasteiger partial charge in [0.05, 0.1) is 12.5 Å². The number of rotatable bonds is 3. The van der Waals surface area contributed by atoms with Crippen LogP contribution in [0, 0.1) is 0 Å². The molecule has 19 heavy (non-hydrogen) atoms. The second kappa shape index (κ2) is 4.81. The molecule has 0 aliphatic carbocycles. The van der Waals surface area contributed by atoms with E-state index in [0.29, 0.717) is 30.4 Å². The fourth-order valence-corrected chi connectivity index (χ4v) is 1.96. The van der Waals surface area contributed by atoms with Gasteiger partial charge in [-0.1, -0.05) is 5.16 Å². The fourth-order valence-electron chi connectivity index (χ4n) is 1.96. The number of aryl methyl sites for hydroxylation is 1. The van der Waals surface area contributed by atoms with Crippen LogP contribution in [0.4, 0.5) is 0 Å². The minimum absolute atomic E-state index is 0.0381. The lowest BCUT2D eigenvalue weighted by Crippen LogP contribution is -2.53. The van der Waals surface area contributed by atoms with Crippen LogP contribution >= 0.6 is 0 Å². The molecular weight excluding hydrogens is 248 g/mol. The van der Waals surface area contributed by atoms with Crippen molar-refractivity contribution in [1.29, 1.82) is 0 Å². The Morgan fingerprint density at radius 1 is 1.53 bits per heavy atom. The average Bonchev–Trinajstić information content (AvgIpc) is 3.01. The molecular formula is C11H14N6O2. The molecule has 3 heterocycles. The third kappa shape index (κ3) is 2.48. The minimum Gasteiger partial charge on any atom is -0.353 e. The van der Waals surface area contributed by atoms with Crippen molar-refractivity contribution in [2.45, 2.75) is 12.5 Å². The van der Waals surface area contributed by atoms with Gasteiger partial charge in [0.25, 0.3) is 0 Å². The van der Waals surface area contributed by atoms with Crippen LogP contribution in [0.5, 0.6) is 0 Å². The third-order valence-corrected chi connectivity index (χ3v) is 2.92. The maximum atomic E-state index is 11.6. The summed E-state index contributed by atoms with van der Waals surface area (Å²) in [5.41, 5.74) is 0.651. The van der Waals surface area contributed by atoms with Crippen LogP contribution in [0.25, 0.3) is 11.5 Å². The largest absolute Gasteiger partial charge is 0.353 e. The molecule has 8 heteroatoms. The van der Waals surface area contributed by atoms with Crippen LogP contribution in [0.2, 0.25) is 0 Å². The Morgan fingerprint density at radius 3 is 3.16 bits per heavy atom. The van der Waals surface area contributed by atoms with Crippen LogP contribution in [0.1, 0.15) is 5.89 Å². The van der Waals surface area contributed by atoms with Crippen molar-refractivity contribution in [3.05, 3.63) is 18.2 Å².